The molecule has 0 bridgehead atoms. The molecule has 0 spiro atoms. The summed E-state index contributed by atoms with van der Waals surface area (Å²) in [4.78, 5) is 15.2. The van der Waals surface area contributed by atoms with Gasteiger partial charge in [0.1, 0.15) is 13.2 Å². The lowest BCUT2D eigenvalue weighted by molar-refractivity contribution is -0.131. The molecule has 0 fully saturated rings. The number of nitrogens with zero attached hydrogens (tertiary/aromatic N) is 1. The van der Waals surface area contributed by atoms with Crippen molar-refractivity contribution < 1.29 is 14.3 Å². The molecule has 4 nitrogen and oxygen atoms in total. The molecule has 3 aromatic rings. The molecule has 0 aromatic heterocycles. The Kier molecular flexibility index (Phi) is 6.33. The van der Waals surface area contributed by atoms with E-state index in [9.17, 15) is 4.79 Å². The lowest BCUT2D eigenvalue weighted by Crippen LogP contribution is -2.31. The van der Waals surface area contributed by atoms with Crippen LogP contribution < -0.4 is 9.47 Å². The summed E-state index contributed by atoms with van der Waals surface area (Å²) in [5.74, 6) is 1.71. The molecular formula is C26H27NO3. The molecule has 0 atom stereocenters. The topological polar surface area (TPSA) is 38.8 Å². The Morgan fingerprint density at radius 1 is 0.867 bits per heavy atom. The first-order valence-electron chi connectivity index (χ1n) is 10.5. The highest BCUT2D eigenvalue weighted by Crippen LogP contribution is 2.32. The minimum atomic E-state index is 0.0363. The van der Waals surface area contributed by atoms with Crippen LogP contribution in [0.1, 0.15) is 36.0 Å². The van der Waals surface area contributed by atoms with E-state index in [1.165, 1.54) is 0 Å². The third-order valence-electron chi connectivity index (χ3n) is 5.50. The van der Waals surface area contributed by atoms with Gasteiger partial charge in [0.15, 0.2) is 11.5 Å². The Morgan fingerprint density at radius 3 is 2.07 bits per heavy atom. The zero-order chi connectivity index (χ0) is 20.8. The number of benzene rings is 3. The minimum Gasteiger partial charge on any atom is -0.486 e. The van der Waals surface area contributed by atoms with Crippen molar-refractivity contribution in [3.05, 3.63) is 95.6 Å². The Hall–Kier alpha value is -3.27. The quantitative estimate of drug-likeness (QED) is 0.557. The molecule has 0 radical (unpaired) electrons. The first kappa shape index (κ1) is 20.0. The van der Waals surface area contributed by atoms with Crippen molar-refractivity contribution in [1.29, 1.82) is 0 Å². The van der Waals surface area contributed by atoms with Crippen molar-refractivity contribution in [2.75, 3.05) is 19.8 Å². The standard InChI is InChI=1S/C26H27NO3/c1-2-27(19-20-13-14-24-25(17-20)30-16-15-29-24)26(28)18-23(21-9-5-3-6-10-21)22-11-7-4-8-12-22/h3-14,17,23H,2,15-16,18-19H2,1H3. The van der Waals surface area contributed by atoms with Crippen LogP contribution in [0.25, 0.3) is 0 Å². The Morgan fingerprint density at radius 2 is 1.47 bits per heavy atom. The molecule has 1 heterocycles. The van der Waals surface area contributed by atoms with Gasteiger partial charge >= 0.3 is 0 Å². The van der Waals surface area contributed by atoms with Gasteiger partial charge in [-0.2, -0.15) is 0 Å². The lowest BCUT2D eigenvalue weighted by Gasteiger charge is -2.26. The van der Waals surface area contributed by atoms with Crippen LogP contribution in [-0.4, -0.2) is 30.6 Å². The zero-order valence-electron chi connectivity index (χ0n) is 17.3. The number of fused-ring (bicyclic) bond motifs is 1. The van der Waals surface area contributed by atoms with E-state index < -0.39 is 0 Å². The van der Waals surface area contributed by atoms with E-state index in [-0.39, 0.29) is 11.8 Å². The zero-order valence-corrected chi connectivity index (χ0v) is 17.3. The molecule has 0 N–H and O–H groups in total. The molecule has 0 saturated carbocycles. The minimum absolute atomic E-state index is 0.0363. The molecule has 0 aliphatic carbocycles. The molecule has 4 rings (SSSR count). The van der Waals surface area contributed by atoms with E-state index >= 15 is 0 Å². The van der Waals surface area contributed by atoms with Gasteiger partial charge in [-0.25, -0.2) is 0 Å². The maximum Gasteiger partial charge on any atom is 0.223 e. The van der Waals surface area contributed by atoms with E-state index in [1.54, 1.807) is 0 Å². The summed E-state index contributed by atoms with van der Waals surface area (Å²) in [5.41, 5.74) is 3.37. The summed E-state index contributed by atoms with van der Waals surface area (Å²) in [7, 11) is 0. The van der Waals surface area contributed by atoms with Gasteiger partial charge in [0.25, 0.3) is 0 Å². The van der Waals surface area contributed by atoms with Crippen molar-refractivity contribution in [1.82, 2.24) is 4.90 Å². The second-order valence-corrected chi connectivity index (χ2v) is 7.46. The van der Waals surface area contributed by atoms with Gasteiger partial charge in [-0.15, -0.1) is 0 Å². The smallest absolute Gasteiger partial charge is 0.223 e. The SMILES string of the molecule is CCN(Cc1ccc2c(c1)OCCO2)C(=O)CC(c1ccccc1)c1ccccc1. The Labute approximate surface area is 178 Å². The number of carbonyl (C=O) groups excluding carboxylic acids is 1. The van der Waals surface area contributed by atoms with E-state index in [4.69, 9.17) is 9.47 Å². The van der Waals surface area contributed by atoms with Crippen molar-refractivity contribution in [2.45, 2.75) is 25.8 Å². The van der Waals surface area contributed by atoms with Gasteiger partial charge in [0.05, 0.1) is 0 Å². The Bertz CT molecular complexity index is 933. The first-order valence-corrected chi connectivity index (χ1v) is 10.5. The van der Waals surface area contributed by atoms with Crippen LogP contribution in [0.2, 0.25) is 0 Å². The Balaban J connectivity index is 1.52. The average Bonchev–Trinajstić information content (AvgIpc) is 2.82. The molecule has 4 heteroatoms. The van der Waals surface area contributed by atoms with Crippen molar-refractivity contribution in [3.63, 3.8) is 0 Å². The monoisotopic (exact) mass is 401 g/mol. The fraction of sp³-hybridized carbons (Fsp3) is 0.269. The number of hydrogen-bond acceptors (Lipinski definition) is 3. The third kappa shape index (κ3) is 4.65. The molecule has 1 aliphatic heterocycles. The highest BCUT2D eigenvalue weighted by Gasteiger charge is 2.22. The largest absolute Gasteiger partial charge is 0.486 e. The van der Waals surface area contributed by atoms with Crippen molar-refractivity contribution in [3.8, 4) is 11.5 Å². The van der Waals surface area contributed by atoms with Crippen LogP contribution in [0, 0.1) is 0 Å². The third-order valence-corrected chi connectivity index (χ3v) is 5.50. The van der Waals surface area contributed by atoms with Crippen LogP contribution in [-0.2, 0) is 11.3 Å². The van der Waals surface area contributed by atoms with Crippen LogP contribution in [0.15, 0.2) is 78.9 Å². The molecule has 0 unspecified atom stereocenters. The number of hydrogen-bond donors (Lipinski definition) is 0. The molecule has 154 valence electrons. The summed E-state index contributed by atoms with van der Waals surface area (Å²) < 4.78 is 11.3. The summed E-state index contributed by atoms with van der Waals surface area (Å²) >= 11 is 0. The fourth-order valence-electron chi connectivity index (χ4n) is 3.89. The average molecular weight is 402 g/mol. The molecule has 1 amide bonds. The van der Waals surface area contributed by atoms with Gasteiger partial charge in [0.2, 0.25) is 5.91 Å². The second kappa shape index (κ2) is 9.49. The normalized spacial score (nSPS) is 12.6. The van der Waals surface area contributed by atoms with Crippen LogP contribution in [0.3, 0.4) is 0 Å². The van der Waals surface area contributed by atoms with Crippen molar-refractivity contribution in [2.24, 2.45) is 0 Å². The maximum atomic E-state index is 13.3. The van der Waals surface area contributed by atoms with Gasteiger partial charge in [-0.3, -0.25) is 4.79 Å². The molecule has 1 aliphatic rings. The van der Waals surface area contributed by atoms with E-state index in [1.807, 2.05) is 66.4 Å². The van der Waals surface area contributed by atoms with Gasteiger partial charge in [-0.1, -0.05) is 66.7 Å². The second-order valence-electron chi connectivity index (χ2n) is 7.46. The fourth-order valence-corrected chi connectivity index (χ4v) is 3.89. The highest BCUT2D eigenvalue weighted by atomic mass is 16.6. The predicted octanol–water partition coefficient (Wildman–Crippen LogP) is 5.03. The summed E-state index contributed by atoms with van der Waals surface area (Å²) in [6.45, 7) is 4.37. The number of carbonyl (C=O) groups is 1. The molecular weight excluding hydrogens is 374 g/mol. The van der Waals surface area contributed by atoms with E-state index in [0.717, 1.165) is 28.2 Å². The van der Waals surface area contributed by atoms with E-state index in [2.05, 4.69) is 24.3 Å². The van der Waals surface area contributed by atoms with Crippen molar-refractivity contribution >= 4 is 5.91 Å². The first-order chi connectivity index (χ1) is 14.7. The maximum absolute atomic E-state index is 13.3. The molecule has 30 heavy (non-hydrogen) atoms. The van der Waals surface area contributed by atoms with E-state index in [0.29, 0.717) is 32.7 Å². The summed E-state index contributed by atoms with van der Waals surface area (Å²) in [6, 6.07) is 26.5. The lowest BCUT2D eigenvalue weighted by atomic mass is 9.88. The number of ether oxygens (including phenoxy) is 2. The molecule has 3 aromatic carbocycles. The van der Waals surface area contributed by atoms with Crippen LogP contribution in [0.5, 0.6) is 11.5 Å². The summed E-state index contributed by atoms with van der Waals surface area (Å²) in [5, 5.41) is 0. The van der Waals surface area contributed by atoms with Gasteiger partial charge < -0.3 is 14.4 Å². The van der Waals surface area contributed by atoms with Gasteiger partial charge in [0, 0.05) is 25.4 Å². The van der Waals surface area contributed by atoms with Crippen LogP contribution >= 0.6 is 0 Å². The number of rotatable bonds is 7. The predicted molar refractivity (Wildman–Crippen MR) is 118 cm³/mol. The molecule has 0 saturated heterocycles. The highest BCUT2D eigenvalue weighted by molar-refractivity contribution is 5.78. The van der Waals surface area contributed by atoms with Crippen LogP contribution in [0.4, 0.5) is 0 Å². The van der Waals surface area contributed by atoms with Gasteiger partial charge in [-0.05, 0) is 35.7 Å². The number of amides is 1. The summed E-state index contributed by atoms with van der Waals surface area (Å²) in [6.07, 6.45) is 0.437.